The van der Waals surface area contributed by atoms with Gasteiger partial charge in [-0.1, -0.05) is 18.2 Å². The zero-order valence-corrected chi connectivity index (χ0v) is 19.2. The summed E-state index contributed by atoms with van der Waals surface area (Å²) in [6.45, 7) is 3.15. The smallest absolute Gasteiger partial charge is 0.355 e. The average molecular weight is 524 g/mol. The molecule has 1 saturated carbocycles. The van der Waals surface area contributed by atoms with Crippen LogP contribution in [0, 0.1) is 6.92 Å². The number of nitrogens with one attached hydrogen (secondary N) is 1. The Kier molecular flexibility index (Phi) is 7.35. The van der Waals surface area contributed by atoms with Gasteiger partial charge in [0.25, 0.3) is 0 Å². The number of aliphatic imine (C=N–C) groups is 1. The Morgan fingerprint density at radius 1 is 1.36 bits per heavy atom. The van der Waals surface area contributed by atoms with Gasteiger partial charge in [-0.05, 0) is 31.4 Å². The molecule has 28 heavy (non-hydrogen) atoms. The van der Waals surface area contributed by atoms with Gasteiger partial charge in [0.15, 0.2) is 5.96 Å². The molecule has 0 saturated heterocycles. The molecular weight excluding hydrogens is 500 g/mol. The standard InChI is InChI=1S/C19H23F3N4S.HI/c1-13-25-16(11-27-13)10-26(3)17(23-2)24-12-18(7-8-18)14-5-4-6-15(9-14)19(20,21)22;/h4-6,9,11H,7-8,10,12H2,1-3H3,(H,23,24);1H. The van der Waals surface area contributed by atoms with Gasteiger partial charge in [0, 0.05) is 31.4 Å². The second-order valence-corrected chi connectivity index (χ2v) is 8.04. The lowest BCUT2D eigenvalue weighted by molar-refractivity contribution is -0.137. The van der Waals surface area contributed by atoms with Gasteiger partial charge in [-0.15, -0.1) is 35.3 Å². The van der Waals surface area contributed by atoms with Crippen molar-refractivity contribution in [1.29, 1.82) is 0 Å². The number of nitrogens with zero attached hydrogens (tertiary/aromatic N) is 3. The van der Waals surface area contributed by atoms with Crippen LogP contribution in [0.3, 0.4) is 0 Å². The van der Waals surface area contributed by atoms with Crippen LogP contribution in [0.4, 0.5) is 13.2 Å². The van der Waals surface area contributed by atoms with Crippen molar-refractivity contribution in [2.45, 2.75) is 37.9 Å². The van der Waals surface area contributed by atoms with E-state index in [2.05, 4.69) is 15.3 Å². The van der Waals surface area contributed by atoms with Gasteiger partial charge < -0.3 is 10.2 Å². The second kappa shape index (κ2) is 8.98. The first kappa shape index (κ1) is 22.9. The summed E-state index contributed by atoms with van der Waals surface area (Å²) in [6.07, 6.45) is -2.58. The first-order valence-electron chi connectivity index (χ1n) is 8.74. The van der Waals surface area contributed by atoms with E-state index in [4.69, 9.17) is 0 Å². The maximum Gasteiger partial charge on any atom is 0.416 e. The van der Waals surface area contributed by atoms with Crippen LogP contribution in [0.15, 0.2) is 34.6 Å². The fourth-order valence-corrected chi connectivity index (χ4v) is 3.78. The van der Waals surface area contributed by atoms with Crippen LogP contribution in [0.5, 0.6) is 0 Å². The highest BCUT2D eigenvalue weighted by molar-refractivity contribution is 14.0. The average Bonchev–Trinajstić information content (AvgIpc) is 3.31. The Labute approximate surface area is 184 Å². The number of hydrogen-bond acceptors (Lipinski definition) is 3. The topological polar surface area (TPSA) is 40.5 Å². The van der Waals surface area contributed by atoms with Crippen LogP contribution in [-0.2, 0) is 18.1 Å². The molecule has 0 bridgehead atoms. The highest BCUT2D eigenvalue weighted by Gasteiger charge is 2.45. The number of aromatic nitrogens is 1. The Morgan fingerprint density at radius 3 is 2.61 bits per heavy atom. The zero-order valence-electron chi connectivity index (χ0n) is 16.0. The van der Waals surface area contributed by atoms with E-state index in [1.807, 2.05) is 24.3 Å². The van der Waals surface area contributed by atoms with E-state index in [1.165, 1.54) is 12.1 Å². The molecule has 0 amide bonds. The van der Waals surface area contributed by atoms with Crippen LogP contribution < -0.4 is 5.32 Å². The molecule has 1 aliphatic carbocycles. The van der Waals surface area contributed by atoms with Crippen molar-refractivity contribution in [3.05, 3.63) is 51.5 Å². The van der Waals surface area contributed by atoms with Crippen LogP contribution in [0.2, 0.25) is 0 Å². The minimum atomic E-state index is -4.32. The maximum absolute atomic E-state index is 13.0. The Morgan fingerprint density at radius 2 is 2.07 bits per heavy atom. The van der Waals surface area contributed by atoms with Crippen LogP contribution in [-0.4, -0.2) is 36.5 Å². The van der Waals surface area contributed by atoms with Crippen molar-refractivity contribution >= 4 is 41.3 Å². The summed E-state index contributed by atoms with van der Waals surface area (Å²) in [5, 5.41) is 6.36. The van der Waals surface area contributed by atoms with Gasteiger partial charge in [-0.3, -0.25) is 4.99 Å². The number of guanidine groups is 1. The normalized spacial score (nSPS) is 15.7. The summed E-state index contributed by atoms with van der Waals surface area (Å²) in [6, 6.07) is 5.67. The van der Waals surface area contributed by atoms with Gasteiger partial charge in [0.1, 0.15) is 0 Å². The Bertz CT molecular complexity index is 831. The first-order valence-corrected chi connectivity index (χ1v) is 9.62. The minimum absolute atomic E-state index is 0. The van der Waals surface area contributed by atoms with Gasteiger partial charge >= 0.3 is 6.18 Å². The molecule has 2 aromatic rings. The SMILES string of the molecule is CN=C(NCC1(c2cccc(C(F)(F)F)c2)CC1)N(C)Cc1csc(C)n1.I. The Balaban J connectivity index is 0.00000280. The monoisotopic (exact) mass is 524 g/mol. The summed E-state index contributed by atoms with van der Waals surface area (Å²) in [5.74, 6) is 0.707. The molecule has 1 N–H and O–H groups in total. The molecule has 0 atom stereocenters. The van der Waals surface area contributed by atoms with Crippen molar-refractivity contribution < 1.29 is 13.2 Å². The lowest BCUT2D eigenvalue weighted by Gasteiger charge is -2.24. The molecule has 1 heterocycles. The summed E-state index contributed by atoms with van der Waals surface area (Å²) < 4.78 is 39.0. The maximum atomic E-state index is 13.0. The lowest BCUT2D eigenvalue weighted by Crippen LogP contribution is -2.42. The number of alkyl halides is 3. The fourth-order valence-electron chi connectivity index (χ4n) is 3.18. The van der Waals surface area contributed by atoms with Crippen molar-refractivity contribution in [3.63, 3.8) is 0 Å². The molecule has 0 radical (unpaired) electrons. The van der Waals surface area contributed by atoms with Crippen molar-refractivity contribution in [2.75, 3.05) is 20.6 Å². The molecule has 1 aromatic carbocycles. The highest BCUT2D eigenvalue weighted by Crippen LogP contribution is 2.48. The molecule has 1 fully saturated rings. The summed E-state index contributed by atoms with van der Waals surface area (Å²) in [4.78, 5) is 10.7. The summed E-state index contributed by atoms with van der Waals surface area (Å²) in [5.41, 5.74) is 0.863. The lowest BCUT2D eigenvalue weighted by atomic mass is 9.94. The molecule has 9 heteroatoms. The van der Waals surface area contributed by atoms with E-state index in [0.29, 0.717) is 19.0 Å². The third-order valence-electron chi connectivity index (χ3n) is 4.88. The van der Waals surface area contributed by atoms with E-state index in [1.54, 1.807) is 24.5 Å². The number of hydrogen-bond donors (Lipinski definition) is 1. The third-order valence-corrected chi connectivity index (χ3v) is 5.70. The van der Waals surface area contributed by atoms with Gasteiger partial charge in [-0.2, -0.15) is 13.2 Å². The summed E-state index contributed by atoms with van der Waals surface area (Å²) >= 11 is 1.60. The molecule has 0 spiro atoms. The zero-order chi connectivity index (χ0) is 19.7. The summed E-state index contributed by atoms with van der Waals surface area (Å²) in [7, 11) is 3.63. The van der Waals surface area contributed by atoms with Gasteiger partial charge in [0.2, 0.25) is 0 Å². The van der Waals surface area contributed by atoms with Crippen LogP contribution in [0.1, 0.15) is 34.7 Å². The number of halogens is 4. The predicted molar refractivity (Wildman–Crippen MR) is 117 cm³/mol. The number of thiazole rings is 1. The highest BCUT2D eigenvalue weighted by atomic mass is 127. The number of aryl methyl sites for hydroxylation is 1. The predicted octanol–water partition coefficient (Wildman–Crippen LogP) is 4.83. The molecule has 1 aliphatic rings. The fraction of sp³-hybridized carbons (Fsp3) is 0.474. The van der Waals surface area contributed by atoms with E-state index in [-0.39, 0.29) is 29.4 Å². The van der Waals surface area contributed by atoms with Crippen LogP contribution in [0.25, 0.3) is 0 Å². The van der Waals surface area contributed by atoms with Gasteiger partial charge in [-0.25, -0.2) is 4.98 Å². The Hall–Kier alpha value is -1.36. The molecule has 0 aliphatic heterocycles. The molecule has 3 rings (SSSR count). The molecule has 154 valence electrons. The van der Waals surface area contributed by atoms with Crippen molar-refractivity contribution in [1.82, 2.24) is 15.2 Å². The van der Waals surface area contributed by atoms with Gasteiger partial charge in [0.05, 0.1) is 22.8 Å². The van der Waals surface area contributed by atoms with Crippen LogP contribution >= 0.6 is 35.3 Å². The third kappa shape index (κ3) is 5.37. The second-order valence-electron chi connectivity index (χ2n) is 6.97. The minimum Gasteiger partial charge on any atom is -0.355 e. The largest absolute Gasteiger partial charge is 0.416 e. The molecule has 4 nitrogen and oxygen atoms in total. The quantitative estimate of drug-likeness (QED) is 0.346. The number of rotatable bonds is 5. The molecular formula is C19H24F3IN4S. The van der Waals surface area contributed by atoms with E-state index < -0.39 is 11.7 Å². The first-order chi connectivity index (χ1) is 12.7. The van der Waals surface area contributed by atoms with E-state index in [9.17, 15) is 13.2 Å². The molecule has 0 unspecified atom stereocenters. The number of benzene rings is 1. The molecule has 1 aromatic heterocycles. The van der Waals surface area contributed by atoms with E-state index in [0.717, 1.165) is 35.2 Å². The van der Waals surface area contributed by atoms with Crippen molar-refractivity contribution in [2.24, 2.45) is 4.99 Å². The van der Waals surface area contributed by atoms with E-state index >= 15 is 0 Å². The van der Waals surface area contributed by atoms with Crippen molar-refractivity contribution in [3.8, 4) is 0 Å².